The molecule has 0 unspecified atom stereocenters. The third-order valence-corrected chi connectivity index (χ3v) is 3.77. The first-order valence-electron chi connectivity index (χ1n) is 6.84. The molecule has 0 aromatic heterocycles. The minimum absolute atomic E-state index is 0.712. The zero-order valence-electron chi connectivity index (χ0n) is 11.7. The summed E-state index contributed by atoms with van der Waals surface area (Å²) in [6.07, 6.45) is 2.12. The van der Waals surface area contributed by atoms with Crippen molar-refractivity contribution in [2.24, 2.45) is 0 Å². The third kappa shape index (κ3) is 4.10. The van der Waals surface area contributed by atoms with Gasteiger partial charge in [0.1, 0.15) is 5.75 Å². The second-order valence-electron chi connectivity index (χ2n) is 5.00. The third-order valence-electron chi connectivity index (χ3n) is 3.49. The molecule has 3 nitrogen and oxygen atoms in total. The molecule has 0 amide bonds. The number of ether oxygens (including phenoxy) is 2. The molecule has 1 aliphatic rings. The Labute approximate surface area is 120 Å². The Morgan fingerprint density at radius 1 is 1.32 bits per heavy atom. The summed E-state index contributed by atoms with van der Waals surface area (Å²) in [7, 11) is 1.68. The molecule has 1 aromatic carbocycles. The lowest BCUT2D eigenvalue weighted by atomic mass is 10.1. The summed E-state index contributed by atoms with van der Waals surface area (Å²) < 4.78 is 10.8. The van der Waals surface area contributed by atoms with Gasteiger partial charge in [-0.3, -0.25) is 4.90 Å². The van der Waals surface area contributed by atoms with E-state index in [9.17, 15) is 0 Å². The molecule has 0 N–H and O–H groups in total. The standard InChI is InChI=1S/C15H22ClNO2/c1-12-10-13(15(18-2)14(16)11-12)4-3-5-17-6-8-19-9-7-17/h10-11H,3-9H2,1-2H3. The van der Waals surface area contributed by atoms with Crippen LogP contribution in [-0.4, -0.2) is 44.9 Å². The van der Waals surface area contributed by atoms with Crippen molar-refractivity contribution in [1.82, 2.24) is 4.90 Å². The molecule has 2 rings (SSSR count). The highest BCUT2D eigenvalue weighted by atomic mass is 35.5. The molecule has 19 heavy (non-hydrogen) atoms. The zero-order valence-corrected chi connectivity index (χ0v) is 12.5. The van der Waals surface area contributed by atoms with Crippen LogP contribution < -0.4 is 4.74 Å². The summed E-state index contributed by atoms with van der Waals surface area (Å²) in [6, 6.07) is 4.12. The van der Waals surface area contributed by atoms with E-state index in [1.54, 1.807) is 7.11 Å². The van der Waals surface area contributed by atoms with E-state index in [2.05, 4.69) is 17.9 Å². The van der Waals surface area contributed by atoms with E-state index in [0.29, 0.717) is 5.02 Å². The van der Waals surface area contributed by atoms with Crippen LogP contribution in [0.1, 0.15) is 17.5 Å². The second kappa shape index (κ2) is 7.13. The first kappa shape index (κ1) is 14.6. The monoisotopic (exact) mass is 283 g/mol. The average molecular weight is 284 g/mol. The number of benzene rings is 1. The number of methoxy groups -OCH3 is 1. The maximum atomic E-state index is 6.21. The van der Waals surface area contributed by atoms with Gasteiger partial charge in [0.2, 0.25) is 0 Å². The molecular formula is C15H22ClNO2. The van der Waals surface area contributed by atoms with Crippen molar-refractivity contribution in [2.45, 2.75) is 19.8 Å². The normalized spacial score (nSPS) is 16.6. The van der Waals surface area contributed by atoms with Crippen molar-refractivity contribution < 1.29 is 9.47 Å². The van der Waals surface area contributed by atoms with E-state index in [0.717, 1.165) is 51.4 Å². The van der Waals surface area contributed by atoms with Gasteiger partial charge in [0.05, 0.1) is 25.3 Å². The summed E-state index contributed by atoms with van der Waals surface area (Å²) in [5.41, 5.74) is 2.40. The molecule has 1 heterocycles. The molecule has 0 aliphatic carbocycles. The topological polar surface area (TPSA) is 21.7 Å². The Morgan fingerprint density at radius 3 is 2.74 bits per heavy atom. The van der Waals surface area contributed by atoms with E-state index in [-0.39, 0.29) is 0 Å². The van der Waals surface area contributed by atoms with Crippen LogP contribution >= 0.6 is 11.6 Å². The smallest absolute Gasteiger partial charge is 0.140 e. The van der Waals surface area contributed by atoms with Crippen LogP contribution in [0.15, 0.2) is 12.1 Å². The highest BCUT2D eigenvalue weighted by Gasteiger charge is 2.12. The Bertz CT molecular complexity index is 417. The van der Waals surface area contributed by atoms with Crippen molar-refractivity contribution in [2.75, 3.05) is 40.0 Å². The summed E-state index contributed by atoms with van der Waals surface area (Å²) in [5, 5.41) is 0.712. The predicted octanol–water partition coefficient (Wildman–Crippen LogP) is 2.92. The fourth-order valence-electron chi connectivity index (χ4n) is 2.53. The molecule has 0 atom stereocenters. The van der Waals surface area contributed by atoms with Gasteiger partial charge < -0.3 is 9.47 Å². The highest BCUT2D eigenvalue weighted by Crippen LogP contribution is 2.30. The Balaban J connectivity index is 1.91. The molecular weight excluding hydrogens is 262 g/mol. The molecule has 1 aliphatic heterocycles. The largest absolute Gasteiger partial charge is 0.495 e. The van der Waals surface area contributed by atoms with E-state index in [1.807, 2.05) is 6.07 Å². The summed E-state index contributed by atoms with van der Waals surface area (Å²) in [4.78, 5) is 2.45. The number of nitrogens with zero attached hydrogens (tertiary/aromatic N) is 1. The second-order valence-corrected chi connectivity index (χ2v) is 5.40. The zero-order chi connectivity index (χ0) is 13.7. The minimum atomic E-state index is 0.712. The lowest BCUT2D eigenvalue weighted by Gasteiger charge is -2.26. The molecule has 0 spiro atoms. The van der Waals surface area contributed by atoms with Gasteiger partial charge >= 0.3 is 0 Å². The first-order chi connectivity index (χ1) is 9.20. The van der Waals surface area contributed by atoms with E-state index >= 15 is 0 Å². The van der Waals surface area contributed by atoms with Gasteiger partial charge in [0, 0.05) is 13.1 Å². The Hall–Kier alpha value is -0.770. The number of rotatable bonds is 5. The molecule has 4 heteroatoms. The number of aryl methyl sites for hydroxylation is 2. The fourth-order valence-corrected chi connectivity index (χ4v) is 2.90. The maximum Gasteiger partial charge on any atom is 0.140 e. The van der Waals surface area contributed by atoms with Crippen LogP contribution in [0.3, 0.4) is 0 Å². The molecule has 106 valence electrons. The lowest BCUT2D eigenvalue weighted by molar-refractivity contribution is 0.0374. The predicted molar refractivity (Wildman–Crippen MR) is 78.3 cm³/mol. The van der Waals surface area contributed by atoms with Crippen molar-refractivity contribution in [3.8, 4) is 5.75 Å². The summed E-state index contributed by atoms with van der Waals surface area (Å²) in [6.45, 7) is 6.99. The van der Waals surface area contributed by atoms with Crippen molar-refractivity contribution >= 4 is 11.6 Å². The lowest BCUT2D eigenvalue weighted by Crippen LogP contribution is -2.36. The first-order valence-corrected chi connectivity index (χ1v) is 7.21. The van der Waals surface area contributed by atoms with Crippen LogP contribution in [0.5, 0.6) is 5.75 Å². The van der Waals surface area contributed by atoms with Crippen molar-refractivity contribution in [3.63, 3.8) is 0 Å². The summed E-state index contributed by atoms with van der Waals surface area (Å²) in [5.74, 6) is 0.828. The van der Waals surface area contributed by atoms with Crippen LogP contribution in [0.4, 0.5) is 0 Å². The van der Waals surface area contributed by atoms with Gasteiger partial charge in [-0.25, -0.2) is 0 Å². The minimum Gasteiger partial charge on any atom is -0.495 e. The van der Waals surface area contributed by atoms with Crippen LogP contribution in [-0.2, 0) is 11.2 Å². The SMILES string of the molecule is COc1c(Cl)cc(C)cc1CCCN1CCOCC1. The van der Waals surface area contributed by atoms with Crippen LogP contribution in [0.25, 0.3) is 0 Å². The van der Waals surface area contributed by atoms with Crippen molar-refractivity contribution in [3.05, 3.63) is 28.3 Å². The van der Waals surface area contributed by atoms with Crippen molar-refractivity contribution in [1.29, 1.82) is 0 Å². The van der Waals surface area contributed by atoms with E-state index in [4.69, 9.17) is 21.1 Å². The van der Waals surface area contributed by atoms with E-state index < -0.39 is 0 Å². The average Bonchev–Trinajstić information content (AvgIpc) is 2.39. The Morgan fingerprint density at radius 2 is 2.05 bits per heavy atom. The number of halogens is 1. The van der Waals surface area contributed by atoms with Gasteiger partial charge in [-0.2, -0.15) is 0 Å². The molecule has 1 aromatic rings. The highest BCUT2D eigenvalue weighted by molar-refractivity contribution is 6.32. The maximum absolute atomic E-state index is 6.21. The fraction of sp³-hybridized carbons (Fsp3) is 0.600. The number of morpholine rings is 1. The number of hydrogen-bond acceptors (Lipinski definition) is 3. The number of hydrogen-bond donors (Lipinski definition) is 0. The molecule has 1 saturated heterocycles. The van der Waals surface area contributed by atoms with Gasteiger partial charge in [0.25, 0.3) is 0 Å². The molecule has 0 saturated carbocycles. The van der Waals surface area contributed by atoms with E-state index in [1.165, 1.54) is 11.1 Å². The van der Waals surface area contributed by atoms with Crippen LogP contribution in [0, 0.1) is 6.92 Å². The van der Waals surface area contributed by atoms with Gasteiger partial charge in [-0.05, 0) is 43.5 Å². The Kier molecular flexibility index (Phi) is 5.49. The summed E-state index contributed by atoms with van der Waals surface area (Å²) >= 11 is 6.21. The van der Waals surface area contributed by atoms with Gasteiger partial charge in [-0.15, -0.1) is 0 Å². The quantitative estimate of drug-likeness (QED) is 0.829. The van der Waals surface area contributed by atoms with Crippen LogP contribution in [0.2, 0.25) is 5.02 Å². The van der Waals surface area contributed by atoms with Gasteiger partial charge in [-0.1, -0.05) is 17.7 Å². The molecule has 0 bridgehead atoms. The molecule has 1 fully saturated rings. The molecule has 0 radical (unpaired) electrons. The van der Waals surface area contributed by atoms with Gasteiger partial charge in [0.15, 0.2) is 0 Å².